The zero-order valence-electron chi connectivity index (χ0n) is 5.00. The van der Waals surface area contributed by atoms with Crippen molar-refractivity contribution < 1.29 is 8.42 Å². The first-order valence-electron chi connectivity index (χ1n) is 3.15. The number of rotatable bonds is 0. The van der Waals surface area contributed by atoms with Crippen molar-refractivity contribution in [2.24, 2.45) is 11.8 Å². The molecule has 2 fully saturated rings. The zero-order chi connectivity index (χ0) is 6.48. The van der Waals surface area contributed by atoms with E-state index in [1.807, 2.05) is 0 Å². The predicted molar refractivity (Wildman–Crippen MR) is 33.4 cm³/mol. The number of fused-ring (bicyclic) bond motifs is 1. The van der Waals surface area contributed by atoms with E-state index in [2.05, 4.69) is 4.72 Å². The van der Waals surface area contributed by atoms with Crippen LogP contribution in [0.2, 0.25) is 0 Å². The summed E-state index contributed by atoms with van der Waals surface area (Å²) >= 11 is 0. The van der Waals surface area contributed by atoms with E-state index < -0.39 is 10.0 Å². The average Bonchev–Trinajstić information content (AvgIpc) is 2.41. The van der Waals surface area contributed by atoms with E-state index in [4.69, 9.17) is 0 Å². The van der Waals surface area contributed by atoms with E-state index in [1.54, 1.807) is 0 Å². The summed E-state index contributed by atoms with van der Waals surface area (Å²) in [5, 5.41) is 0. The summed E-state index contributed by atoms with van der Waals surface area (Å²) in [6.45, 7) is 0.688. The van der Waals surface area contributed by atoms with Crippen molar-refractivity contribution in [2.45, 2.75) is 6.42 Å². The fourth-order valence-corrected chi connectivity index (χ4v) is 2.90. The first-order chi connectivity index (χ1) is 4.17. The third-order valence-corrected chi connectivity index (χ3v) is 3.54. The molecule has 0 aromatic rings. The molecule has 0 spiro atoms. The topological polar surface area (TPSA) is 46.2 Å². The molecule has 1 aliphatic heterocycles. The predicted octanol–water partition coefficient (Wildman–Crippen LogP) is -0.445. The molecule has 0 amide bonds. The van der Waals surface area contributed by atoms with Crippen LogP contribution in [-0.2, 0) is 10.0 Å². The lowest BCUT2D eigenvalue weighted by Crippen LogP contribution is -2.33. The Kier molecular flexibility index (Phi) is 0.941. The summed E-state index contributed by atoms with van der Waals surface area (Å²) in [4.78, 5) is 0. The van der Waals surface area contributed by atoms with E-state index in [0.717, 1.165) is 6.42 Å². The fraction of sp³-hybridized carbons (Fsp3) is 1.00. The fourth-order valence-electron chi connectivity index (χ4n) is 1.34. The number of hydrogen-bond donors (Lipinski definition) is 1. The Labute approximate surface area is 54.5 Å². The van der Waals surface area contributed by atoms with Gasteiger partial charge in [-0.1, -0.05) is 0 Å². The van der Waals surface area contributed by atoms with Crippen molar-refractivity contribution >= 4 is 10.0 Å². The molecule has 52 valence electrons. The normalized spacial score (nSPS) is 45.8. The van der Waals surface area contributed by atoms with Crippen molar-refractivity contribution in [1.29, 1.82) is 0 Å². The Balaban J connectivity index is 2.18. The highest BCUT2D eigenvalue weighted by Gasteiger charge is 2.44. The van der Waals surface area contributed by atoms with Crippen LogP contribution in [0.1, 0.15) is 6.42 Å². The van der Waals surface area contributed by atoms with Crippen molar-refractivity contribution in [2.75, 3.05) is 12.3 Å². The molecule has 1 saturated carbocycles. The molecule has 0 radical (unpaired) electrons. The quantitative estimate of drug-likeness (QED) is 0.504. The molecule has 2 aliphatic rings. The molecular formula is C5H9NO2S. The Morgan fingerprint density at radius 3 is 2.67 bits per heavy atom. The standard InChI is InChI=1S/C5H9NO2S/c7-9(8)3-5-1-4(5)2-6-9/h4-6H,1-3H2/t4-,5+/m1/s1. The molecule has 3 nitrogen and oxygen atoms in total. The third kappa shape index (κ3) is 0.966. The maximum Gasteiger partial charge on any atom is 0.211 e. The minimum atomic E-state index is -2.84. The van der Waals surface area contributed by atoms with Gasteiger partial charge in [-0.2, -0.15) is 0 Å². The van der Waals surface area contributed by atoms with Crippen LogP contribution in [0, 0.1) is 11.8 Å². The average molecular weight is 147 g/mol. The number of sulfonamides is 1. The van der Waals surface area contributed by atoms with E-state index in [1.165, 1.54) is 0 Å². The smallest absolute Gasteiger partial charge is 0.211 e. The van der Waals surface area contributed by atoms with Crippen LogP contribution >= 0.6 is 0 Å². The van der Waals surface area contributed by atoms with Gasteiger partial charge >= 0.3 is 0 Å². The van der Waals surface area contributed by atoms with E-state index in [-0.39, 0.29) is 0 Å². The SMILES string of the molecule is O=S1(=O)C[C@@H]2C[C@@H]2CN1. The summed E-state index contributed by atoms with van der Waals surface area (Å²) < 4.78 is 24.1. The van der Waals surface area contributed by atoms with Crippen molar-refractivity contribution in [1.82, 2.24) is 4.72 Å². The second-order valence-electron chi connectivity index (χ2n) is 2.89. The molecule has 2 rings (SSSR count). The molecule has 1 saturated heterocycles. The Bertz CT molecular complexity index is 221. The Hall–Kier alpha value is -0.0900. The van der Waals surface area contributed by atoms with E-state index >= 15 is 0 Å². The summed E-state index contributed by atoms with van der Waals surface area (Å²) in [7, 11) is -2.84. The van der Waals surface area contributed by atoms with Gasteiger partial charge in [-0.15, -0.1) is 0 Å². The van der Waals surface area contributed by atoms with Crippen molar-refractivity contribution in [3.8, 4) is 0 Å². The van der Waals surface area contributed by atoms with E-state index in [0.29, 0.717) is 24.1 Å². The van der Waals surface area contributed by atoms with E-state index in [9.17, 15) is 8.42 Å². The van der Waals surface area contributed by atoms with Gasteiger partial charge in [0.2, 0.25) is 10.0 Å². The second kappa shape index (κ2) is 1.49. The van der Waals surface area contributed by atoms with Crippen molar-refractivity contribution in [3.05, 3.63) is 0 Å². The van der Waals surface area contributed by atoms with Crippen LogP contribution in [0.5, 0.6) is 0 Å². The van der Waals surface area contributed by atoms with Crippen LogP contribution in [0.4, 0.5) is 0 Å². The largest absolute Gasteiger partial charge is 0.215 e. The highest BCUT2D eigenvalue weighted by Crippen LogP contribution is 2.41. The molecule has 0 aromatic heterocycles. The molecule has 9 heavy (non-hydrogen) atoms. The first-order valence-corrected chi connectivity index (χ1v) is 4.80. The maximum absolute atomic E-state index is 10.8. The lowest BCUT2D eigenvalue weighted by molar-refractivity contribution is 0.554. The molecule has 0 bridgehead atoms. The molecule has 0 unspecified atom stereocenters. The molecule has 2 atom stereocenters. The lowest BCUT2D eigenvalue weighted by atomic mass is 10.3. The summed E-state index contributed by atoms with van der Waals surface area (Å²) in [6, 6.07) is 0. The Morgan fingerprint density at radius 1 is 1.33 bits per heavy atom. The van der Waals surface area contributed by atoms with Gasteiger partial charge in [-0.05, 0) is 18.3 Å². The molecule has 1 aliphatic carbocycles. The van der Waals surface area contributed by atoms with Crippen molar-refractivity contribution in [3.63, 3.8) is 0 Å². The third-order valence-electron chi connectivity index (χ3n) is 2.07. The van der Waals surface area contributed by atoms with Gasteiger partial charge in [-0.3, -0.25) is 0 Å². The zero-order valence-corrected chi connectivity index (χ0v) is 5.82. The summed E-state index contributed by atoms with van der Waals surface area (Å²) in [5.41, 5.74) is 0. The van der Waals surface area contributed by atoms with Crippen LogP contribution in [-0.4, -0.2) is 20.7 Å². The van der Waals surface area contributed by atoms with Crippen LogP contribution in [0.25, 0.3) is 0 Å². The van der Waals surface area contributed by atoms with Gasteiger partial charge in [0, 0.05) is 6.54 Å². The highest BCUT2D eigenvalue weighted by molar-refractivity contribution is 7.89. The minimum absolute atomic E-state index is 0.373. The number of nitrogens with one attached hydrogen (secondary N) is 1. The van der Waals surface area contributed by atoms with Gasteiger partial charge in [0.25, 0.3) is 0 Å². The summed E-state index contributed by atoms with van der Waals surface area (Å²) in [5.74, 6) is 1.54. The first kappa shape index (κ1) is 5.68. The molecule has 4 heteroatoms. The van der Waals surface area contributed by atoms with Crippen LogP contribution in [0.3, 0.4) is 0 Å². The molecular weight excluding hydrogens is 138 g/mol. The molecule has 1 heterocycles. The highest BCUT2D eigenvalue weighted by atomic mass is 32.2. The van der Waals surface area contributed by atoms with Crippen LogP contribution in [0.15, 0.2) is 0 Å². The van der Waals surface area contributed by atoms with Gasteiger partial charge < -0.3 is 0 Å². The van der Waals surface area contributed by atoms with Gasteiger partial charge in [0.1, 0.15) is 0 Å². The van der Waals surface area contributed by atoms with Gasteiger partial charge in [0.05, 0.1) is 5.75 Å². The Morgan fingerprint density at radius 2 is 2.11 bits per heavy atom. The minimum Gasteiger partial charge on any atom is -0.215 e. The molecule has 0 aromatic carbocycles. The number of hydrogen-bond acceptors (Lipinski definition) is 2. The summed E-state index contributed by atoms with van der Waals surface area (Å²) in [6.07, 6.45) is 1.12. The lowest BCUT2D eigenvalue weighted by Gasteiger charge is -2.10. The molecule has 1 N–H and O–H groups in total. The maximum atomic E-state index is 10.8. The second-order valence-corrected chi connectivity index (χ2v) is 4.74. The monoisotopic (exact) mass is 147 g/mol. The van der Waals surface area contributed by atoms with Crippen LogP contribution < -0.4 is 4.72 Å². The van der Waals surface area contributed by atoms with Gasteiger partial charge in [-0.25, -0.2) is 13.1 Å². The van der Waals surface area contributed by atoms with Gasteiger partial charge in [0.15, 0.2) is 0 Å².